The summed E-state index contributed by atoms with van der Waals surface area (Å²) in [6, 6.07) is 8.68. The minimum absolute atomic E-state index is 0.0802. The zero-order chi connectivity index (χ0) is 14.9. The van der Waals surface area contributed by atoms with Crippen LogP contribution in [0, 0.1) is 18.3 Å². The Kier molecular flexibility index (Phi) is 3.40. The molecule has 0 fully saturated rings. The van der Waals surface area contributed by atoms with Crippen LogP contribution in [-0.4, -0.2) is 9.78 Å². The molecule has 104 valence electrons. The highest BCUT2D eigenvalue weighted by molar-refractivity contribution is 5.53. The molecule has 2 aromatic rings. The Morgan fingerprint density at radius 3 is 2.35 bits per heavy atom. The van der Waals surface area contributed by atoms with Crippen LogP contribution >= 0.6 is 0 Å². The molecule has 1 aromatic heterocycles. The van der Waals surface area contributed by atoms with Crippen LogP contribution in [-0.2, 0) is 12.7 Å². The van der Waals surface area contributed by atoms with Crippen LogP contribution in [0.2, 0.25) is 0 Å². The summed E-state index contributed by atoms with van der Waals surface area (Å²) in [5, 5.41) is 12.2. The van der Waals surface area contributed by atoms with E-state index in [1.54, 1.807) is 12.1 Å². The minimum atomic E-state index is -4.70. The fourth-order valence-electron chi connectivity index (χ4n) is 1.77. The number of rotatable bonds is 2. The molecule has 0 saturated carbocycles. The highest BCUT2D eigenvalue weighted by Crippen LogP contribution is 2.33. The van der Waals surface area contributed by atoms with E-state index in [2.05, 4.69) is 5.10 Å². The van der Waals surface area contributed by atoms with Crippen molar-refractivity contribution in [1.82, 2.24) is 9.78 Å². The van der Waals surface area contributed by atoms with E-state index in [9.17, 15) is 13.2 Å². The van der Waals surface area contributed by atoms with Crippen LogP contribution < -0.4 is 5.73 Å². The number of nitrogens with zero attached hydrogens (tertiary/aromatic N) is 3. The third-order valence-corrected chi connectivity index (χ3v) is 2.82. The van der Waals surface area contributed by atoms with Crippen molar-refractivity contribution in [2.24, 2.45) is 0 Å². The monoisotopic (exact) mass is 280 g/mol. The van der Waals surface area contributed by atoms with Gasteiger partial charge in [-0.2, -0.15) is 23.5 Å². The molecule has 0 atom stereocenters. The van der Waals surface area contributed by atoms with Gasteiger partial charge in [-0.3, -0.25) is 0 Å². The highest BCUT2D eigenvalue weighted by atomic mass is 19.4. The molecule has 1 heterocycles. The summed E-state index contributed by atoms with van der Waals surface area (Å²) in [4.78, 5) is 0. The van der Waals surface area contributed by atoms with Crippen molar-refractivity contribution in [3.63, 3.8) is 0 Å². The predicted octanol–water partition coefficient (Wildman–Crippen LogP) is 2.71. The number of nitrogens with two attached hydrogens (primary N) is 1. The topological polar surface area (TPSA) is 67.6 Å². The molecule has 20 heavy (non-hydrogen) atoms. The first-order valence-electron chi connectivity index (χ1n) is 5.72. The first-order valence-corrected chi connectivity index (χ1v) is 5.72. The molecule has 0 radical (unpaired) electrons. The van der Waals surface area contributed by atoms with Gasteiger partial charge in [-0.05, 0) is 12.5 Å². The molecule has 7 heteroatoms. The third-order valence-electron chi connectivity index (χ3n) is 2.82. The van der Waals surface area contributed by atoms with Crippen LogP contribution in [0.1, 0.15) is 22.4 Å². The molecular formula is C13H11F3N4. The number of hydrogen-bond donors (Lipinski definition) is 1. The van der Waals surface area contributed by atoms with Gasteiger partial charge >= 0.3 is 6.18 Å². The Balaban J connectivity index is 2.41. The normalized spacial score (nSPS) is 11.3. The van der Waals surface area contributed by atoms with Crippen molar-refractivity contribution >= 4 is 5.82 Å². The second-order valence-electron chi connectivity index (χ2n) is 4.36. The molecule has 0 bridgehead atoms. The fourth-order valence-corrected chi connectivity index (χ4v) is 1.77. The molecule has 2 rings (SSSR count). The van der Waals surface area contributed by atoms with Gasteiger partial charge in [0.15, 0.2) is 5.69 Å². The second kappa shape index (κ2) is 4.89. The van der Waals surface area contributed by atoms with E-state index in [1.807, 2.05) is 19.1 Å². The number of hydrogen-bond acceptors (Lipinski definition) is 3. The molecule has 0 aliphatic rings. The number of nitrogen functional groups attached to an aromatic ring is 1. The zero-order valence-electron chi connectivity index (χ0n) is 10.6. The van der Waals surface area contributed by atoms with Gasteiger partial charge in [0, 0.05) is 0 Å². The lowest BCUT2D eigenvalue weighted by Crippen LogP contribution is -2.10. The maximum absolute atomic E-state index is 12.7. The van der Waals surface area contributed by atoms with E-state index >= 15 is 0 Å². The lowest BCUT2D eigenvalue weighted by molar-refractivity contribution is -0.141. The highest BCUT2D eigenvalue weighted by Gasteiger charge is 2.39. The van der Waals surface area contributed by atoms with Crippen molar-refractivity contribution < 1.29 is 13.2 Å². The van der Waals surface area contributed by atoms with Gasteiger partial charge in [-0.25, -0.2) is 4.68 Å². The molecule has 0 aliphatic carbocycles. The van der Waals surface area contributed by atoms with Crippen molar-refractivity contribution in [3.05, 3.63) is 46.6 Å². The Hall–Kier alpha value is -2.49. The minimum Gasteiger partial charge on any atom is -0.383 e. The van der Waals surface area contributed by atoms with Crippen molar-refractivity contribution in [3.8, 4) is 6.07 Å². The molecule has 0 saturated heterocycles. The summed E-state index contributed by atoms with van der Waals surface area (Å²) in [7, 11) is 0. The van der Waals surface area contributed by atoms with Crippen LogP contribution in [0.15, 0.2) is 24.3 Å². The van der Waals surface area contributed by atoms with Crippen LogP contribution in [0.25, 0.3) is 0 Å². The summed E-state index contributed by atoms with van der Waals surface area (Å²) in [5.41, 5.74) is 5.48. The standard InChI is InChI=1S/C13H11F3N4/c1-8-2-4-9(5-3-8)7-20-12(18)10(6-17)11(19-20)13(14,15)16/h2-5H,7,18H2,1H3. The number of aryl methyl sites for hydroxylation is 1. The van der Waals surface area contributed by atoms with Gasteiger partial charge in [0.2, 0.25) is 0 Å². The van der Waals surface area contributed by atoms with Gasteiger partial charge in [0.1, 0.15) is 17.5 Å². The average Bonchev–Trinajstić information content (AvgIpc) is 2.69. The Morgan fingerprint density at radius 1 is 1.30 bits per heavy atom. The summed E-state index contributed by atoms with van der Waals surface area (Å²) in [6.45, 7) is 1.98. The summed E-state index contributed by atoms with van der Waals surface area (Å²) < 4.78 is 39.2. The largest absolute Gasteiger partial charge is 0.436 e. The maximum atomic E-state index is 12.7. The SMILES string of the molecule is Cc1ccc(Cn2nc(C(F)(F)F)c(C#N)c2N)cc1. The lowest BCUT2D eigenvalue weighted by Gasteiger charge is -2.05. The van der Waals surface area contributed by atoms with Crippen LogP contribution in [0.4, 0.5) is 19.0 Å². The third kappa shape index (κ3) is 2.59. The average molecular weight is 280 g/mol. The van der Waals surface area contributed by atoms with Gasteiger partial charge in [0.25, 0.3) is 0 Å². The van der Waals surface area contributed by atoms with E-state index in [0.29, 0.717) is 0 Å². The Bertz CT molecular complexity index is 663. The van der Waals surface area contributed by atoms with Crippen molar-refractivity contribution in [2.75, 3.05) is 5.73 Å². The molecule has 0 spiro atoms. The molecule has 0 unspecified atom stereocenters. The first kappa shape index (κ1) is 13.9. The van der Waals surface area contributed by atoms with E-state index in [1.165, 1.54) is 6.07 Å². The van der Waals surface area contributed by atoms with Gasteiger partial charge in [0.05, 0.1) is 6.54 Å². The van der Waals surface area contributed by atoms with Gasteiger partial charge < -0.3 is 5.73 Å². The summed E-state index contributed by atoms with van der Waals surface area (Å²) >= 11 is 0. The molecule has 0 amide bonds. The molecular weight excluding hydrogens is 269 g/mol. The van der Waals surface area contributed by atoms with Crippen LogP contribution in [0.5, 0.6) is 0 Å². The number of aromatic nitrogens is 2. The summed E-state index contributed by atoms with van der Waals surface area (Å²) in [6.07, 6.45) is -4.70. The maximum Gasteiger partial charge on any atom is 0.436 e. The number of halogens is 3. The predicted molar refractivity (Wildman–Crippen MR) is 66.6 cm³/mol. The number of nitriles is 1. The van der Waals surface area contributed by atoms with E-state index in [0.717, 1.165) is 15.8 Å². The van der Waals surface area contributed by atoms with E-state index in [-0.39, 0.29) is 12.4 Å². The van der Waals surface area contributed by atoms with Gasteiger partial charge in [-0.15, -0.1) is 0 Å². The van der Waals surface area contributed by atoms with E-state index < -0.39 is 17.4 Å². The van der Waals surface area contributed by atoms with E-state index in [4.69, 9.17) is 11.0 Å². The molecule has 4 nitrogen and oxygen atoms in total. The van der Waals surface area contributed by atoms with Crippen molar-refractivity contribution in [2.45, 2.75) is 19.6 Å². The van der Waals surface area contributed by atoms with Crippen molar-refractivity contribution in [1.29, 1.82) is 5.26 Å². The zero-order valence-corrected chi connectivity index (χ0v) is 10.6. The summed E-state index contributed by atoms with van der Waals surface area (Å²) in [5.74, 6) is -0.277. The van der Waals surface area contributed by atoms with Crippen LogP contribution in [0.3, 0.4) is 0 Å². The Labute approximate surface area is 113 Å². The lowest BCUT2D eigenvalue weighted by atomic mass is 10.1. The number of alkyl halides is 3. The molecule has 2 N–H and O–H groups in total. The number of benzene rings is 1. The molecule has 1 aromatic carbocycles. The smallest absolute Gasteiger partial charge is 0.383 e. The number of anilines is 1. The molecule has 0 aliphatic heterocycles. The Morgan fingerprint density at radius 2 is 1.90 bits per heavy atom. The quantitative estimate of drug-likeness (QED) is 0.919. The second-order valence-corrected chi connectivity index (χ2v) is 4.36. The van der Waals surface area contributed by atoms with Gasteiger partial charge in [-0.1, -0.05) is 29.8 Å². The first-order chi connectivity index (χ1) is 9.32. The fraction of sp³-hybridized carbons (Fsp3) is 0.231.